The summed E-state index contributed by atoms with van der Waals surface area (Å²) in [4.78, 5) is 36.5. The molecule has 0 spiro atoms. The molecule has 2 aromatic rings. The zero-order valence-electron chi connectivity index (χ0n) is 17.0. The highest BCUT2D eigenvalue weighted by Crippen LogP contribution is 2.17. The number of hydrogen-bond donors (Lipinski definition) is 2. The summed E-state index contributed by atoms with van der Waals surface area (Å²) < 4.78 is 31.4. The molecule has 0 saturated heterocycles. The number of carbonyl (C=O) groups is 3. The van der Waals surface area contributed by atoms with Gasteiger partial charge in [0, 0.05) is 11.3 Å². The summed E-state index contributed by atoms with van der Waals surface area (Å²) in [6.07, 6.45) is -0.686. The first-order valence-electron chi connectivity index (χ1n) is 9.35. The van der Waals surface area contributed by atoms with Crippen LogP contribution in [0.3, 0.4) is 0 Å². The highest BCUT2D eigenvalue weighted by Gasteiger charge is 2.21. The number of benzene rings is 2. The van der Waals surface area contributed by atoms with Gasteiger partial charge in [-0.05, 0) is 50.6 Å². The number of hydrogen-bond acceptors (Lipinski definition) is 6. The summed E-state index contributed by atoms with van der Waals surface area (Å²) in [7, 11) is -3.50. The smallest absolute Gasteiger partial charge is 0.338 e. The third-order valence-corrected chi connectivity index (χ3v) is 5.55. The highest BCUT2D eigenvalue weighted by molar-refractivity contribution is 7.92. The van der Waals surface area contributed by atoms with E-state index in [0.717, 1.165) is 0 Å². The van der Waals surface area contributed by atoms with Gasteiger partial charge in [-0.25, -0.2) is 13.2 Å². The van der Waals surface area contributed by atoms with E-state index < -0.39 is 28.0 Å². The van der Waals surface area contributed by atoms with E-state index in [0.29, 0.717) is 17.7 Å². The minimum absolute atomic E-state index is 0.0411. The van der Waals surface area contributed by atoms with E-state index in [1.54, 1.807) is 31.2 Å². The number of Topliss-reactive ketones (excluding diaryl/α,β-unsaturated/α-hetero) is 1. The van der Waals surface area contributed by atoms with Crippen molar-refractivity contribution in [1.29, 1.82) is 0 Å². The monoisotopic (exact) mass is 432 g/mol. The lowest BCUT2D eigenvalue weighted by Crippen LogP contribution is -2.30. The summed E-state index contributed by atoms with van der Waals surface area (Å²) >= 11 is 0. The fraction of sp³-hybridized carbons (Fsp3) is 0.286. The van der Waals surface area contributed by atoms with Crippen LogP contribution in [0.4, 0.5) is 11.4 Å². The number of anilines is 2. The molecule has 0 heterocycles. The van der Waals surface area contributed by atoms with Crippen LogP contribution in [0.15, 0.2) is 48.5 Å². The second kappa shape index (κ2) is 10.0. The van der Waals surface area contributed by atoms with Gasteiger partial charge in [-0.1, -0.05) is 25.1 Å². The standard InChI is InChI=1S/C21H24N2O6S/c1-4-12-30(27,28)23-17-9-7-8-16(13-17)21(26)29-15(3)20(25)22-19-11-6-5-10-18(19)14(2)24/h5-11,13,15,23H,4,12H2,1-3H3,(H,22,25). The molecule has 2 aromatic carbocycles. The first kappa shape index (κ1) is 23.1. The SMILES string of the molecule is CCCS(=O)(=O)Nc1cccc(C(=O)OC(C)C(=O)Nc2ccccc2C(C)=O)c1. The molecule has 9 heteroatoms. The number of carbonyl (C=O) groups excluding carboxylic acids is 3. The van der Waals surface area contributed by atoms with Crippen molar-refractivity contribution in [2.45, 2.75) is 33.3 Å². The Hall–Kier alpha value is -3.20. The topological polar surface area (TPSA) is 119 Å². The number of rotatable bonds is 9. The van der Waals surface area contributed by atoms with Gasteiger partial charge in [0.1, 0.15) is 0 Å². The Kier molecular flexibility index (Phi) is 7.71. The predicted octanol–water partition coefficient (Wildman–Crippen LogP) is 3.22. The molecule has 1 amide bonds. The quantitative estimate of drug-likeness (QED) is 0.464. The van der Waals surface area contributed by atoms with Crippen LogP contribution in [0.2, 0.25) is 0 Å². The Labute approximate surface area is 175 Å². The zero-order chi connectivity index (χ0) is 22.3. The van der Waals surface area contributed by atoms with Crippen molar-refractivity contribution in [3.63, 3.8) is 0 Å². The number of nitrogens with one attached hydrogen (secondary N) is 2. The van der Waals surface area contributed by atoms with E-state index in [1.165, 1.54) is 38.1 Å². The van der Waals surface area contributed by atoms with Gasteiger partial charge in [0.05, 0.1) is 17.0 Å². The molecule has 0 aliphatic heterocycles. The Balaban J connectivity index is 2.06. The van der Waals surface area contributed by atoms with E-state index in [1.807, 2.05) is 0 Å². The van der Waals surface area contributed by atoms with Gasteiger partial charge in [-0.3, -0.25) is 14.3 Å². The van der Waals surface area contributed by atoms with Crippen LogP contribution >= 0.6 is 0 Å². The summed E-state index contributed by atoms with van der Waals surface area (Å²) in [6, 6.07) is 12.3. The maximum atomic E-state index is 12.4. The highest BCUT2D eigenvalue weighted by atomic mass is 32.2. The van der Waals surface area contributed by atoms with Crippen LogP contribution in [0.5, 0.6) is 0 Å². The van der Waals surface area contributed by atoms with Gasteiger partial charge in [-0.15, -0.1) is 0 Å². The van der Waals surface area contributed by atoms with Gasteiger partial charge in [0.2, 0.25) is 10.0 Å². The molecular weight excluding hydrogens is 408 g/mol. The second-order valence-corrected chi connectivity index (χ2v) is 8.48. The number of ketones is 1. The van der Waals surface area contributed by atoms with Crippen molar-refractivity contribution in [1.82, 2.24) is 0 Å². The van der Waals surface area contributed by atoms with Gasteiger partial charge >= 0.3 is 5.97 Å². The number of amides is 1. The summed E-state index contributed by atoms with van der Waals surface area (Å²) in [6.45, 7) is 4.53. The lowest BCUT2D eigenvalue weighted by Gasteiger charge is -2.15. The van der Waals surface area contributed by atoms with Crippen molar-refractivity contribution < 1.29 is 27.5 Å². The fourth-order valence-electron chi connectivity index (χ4n) is 2.62. The predicted molar refractivity (Wildman–Crippen MR) is 114 cm³/mol. The Bertz CT molecular complexity index is 1050. The second-order valence-electron chi connectivity index (χ2n) is 6.64. The van der Waals surface area contributed by atoms with E-state index >= 15 is 0 Å². The maximum absolute atomic E-state index is 12.4. The van der Waals surface area contributed by atoms with Crippen molar-refractivity contribution in [3.05, 3.63) is 59.7 Å². The third-order valence-electron chi connectivity index (χ3n) is 4.06. The van der Waals surface area contributed by atoms with Crippen LogP contribution in [0.25, 0.3) is 0 Å². The van der Waals surface area contributed by atoms with Crippen LogP contribution in [-0.2, 0) is 19.6 Å². The summed E-state index contributed by atoms with van der Waals surface area (Å²) in [5.41, 5.74) is 0.988. The molecule has 0 aliphatic carbocycles. The molecule has 2 rings (SSSR count). The van der Waals surface area contributed by atoms with Crippen molar-refractivity contribution in [3.8, 4) is 0 Å². The molecule has 1 unspecified atom stereocenters. The number of ether oxygens (including phenoxy) is 1. The zero-order valence-corrected chi connectivity index (χ0v) is 17.8. The maximum Gasteiger partial charge on any atom is 0.338 e. The van der Waals surface area contributed by atoms with E-state index in [-0.39, 0.29) is 22.8 Å². The van der Waals surface area contributed by atoms with Crippen molar-refractivity contribution >= 4 is 39.1 Å². The summed E-state index contributed by atoms with van der Waals surface area (Å²) in [5, 5.41) is 2.58. The molecule has 2 N–H and O–H groups in total. The van der Waals surface area contributed by atoms with Crippen LogP contribution in [0, 0.1) is 0 Å². The van der Waals surface area contributed by atoms with E-state index in [2.05, 4.69) is 10.0 Å². The third kappa shape index (κ3) is 6.41. The van der Waals surface area contributed by atoms with Crippen LogP contribution < -0.4 is 10.0 Å². The molecule has 0 bridgehead atoms. The molecule has 0 aromatic heterocycles. The number of para-hydroxylation sites is 1. The number of sulfonamides is 1. The Morgan fingerprint density at radius 1 is 1.07 bits per heavy atom. The van der Waals surface area contributed by atoms with Gasteiger partial charge in [0.15, 0.2) is 11.9 Å². The molecule has 30 heavy (non-hydrogen) atoms. The van der Waals surface area contributed by atoms with E-state index in [9.17, 15) is 22.8 Å². The normalized spacial score (nSPS) is 12.0. The first-order valence-corrected chi connectivity index (χ1v) is 11.0. The molecule has 0 radical (unpaired) electrons. The average molecular weight is 432 g/mol. The van der Waals surface area contributed by atoms with Gasteiger partial charge in [0.25, 0.3) is 5.91 Å². The van der Waals surface area contributed by atoms with Crippen LogP contribution in [0.1, 0.15) is 47.9 Å². The molecule has 0 fully saturated rings. The largest absolute Gasteiger partial charge is 0.449 e. The summed E-state index contributed by atoms with van der Waals surface area (Å²) in [5.74, 6) is -1.63. The molecule has 1 atom stereocenters. The fourth-order valence-corrected chi connectivity index (χ4v) is 3.75. The molecule has 0 aliphatic rings. The molecular formula is C21H24N2O6S. The van der Waals surface area contributed by atoms with Crippen molar-refractivity contribution in [2.75, 3.05) is 15.8 Å². The van der Waals surface area contributed by atoms with Crippen LogP contribution in [-0.4, -0.2) is 37.9 Å². The molecule has 0 saturated carbocycles. The minimum Gasteiger partial charge on any atom is -0.449 e. The van der Waals surface area contributed by atoms with Gasteiger partial charge in [-0.2, -0.15) is 0 Å². The molecule has 8 nitrogen and oxygen atoms in total. The Morgan fingerprint density at radius 2 is 1.77 bits per heavy atom. The minimum atomic E-state index is -3.50. The Morgan fingerprint density at radius 3 is 2.43 bits per heavy atom. The lowest BCUT2D eigenvalue weighted by molar-refractivity contribution is -0.123. The lowest BCUT2D eigenvalue weighted by atomic mass is 10.1. The van der Waals surface area contributed by atoms with E-state index in [4.69, 9.17) is 4.74 Å². The van der Waals surface area contributed by atoms with Gasteiger partial charge < -0.3 is 10.1 Å². The van der Waals surface area contributed by atoms with Crippen molar-refractivity contribution in [2.24, 2.45) is 0 Å². The molecule has 160 valence electrons. The average Bonchev–Trinajstić information content (AvgIpc) is 2.67. The first-order chi connectivity index (χ1) is 14.1. The number of esters is 1.